The molecule has 0 unspecified atom stereocenters. The lowest BCUT2D eigenvalue weighted by Crippen LogP contribution is -2.49. The summed E-state index contributed by atoms with van der Waals surface area (Å²) in [5, 5.41) is 2.82. The second-order valence-corrected chi connectivity index (χ2v) is 9.73. The predicted molar refractivity (Wildman–Crippen MR) is 120 cm³/mol. The van der Waals surface area contributed by atoms with E-state index in [2.05, 4.69) is 5.32 Å². The molecule has 0 saturated carbocycles. The van der Waals surface area contributed by atoms with Crippen LogP contribution in [0.5, 0.6) is 5.75 Å². The van der Waals surface area contributed by atoms with Crippen molar-refractivity contribution in [1.29, 1.82) is 0 Å². The summed E-state index contributed by atoms with van der Waals surface area (Å²) in [5.74, 6) is -0.342. The molecule has 0 radical (unpaired) electrons. The number of ether oxygens (including phenoxy) is 1. The maximum Gasteiger partial charge on any atom is 0.320 e. The Bertz CT molecular complexity index is 884. The van der Waals surface area contributed by atoms with E-state index >= 15 is 0 Å². The molecule has 31 heavy (non-hydrogen) atoms. The van der Waals surface area contributed by atoms with Crippen LogP contribution in [0.15, 0.2) is 23.1 Å². The van der Waals surface area contributed by atoms with Crippen LogP contribution in [0, 0.1) is 5.92 Å². The Morgan fingerprint density at radius 3 is 2.45 bits per heavy atom. The van der Waals surface area contributed by atoms with Gasteiger partial charge in [0.15, 0.2) is 0 Å². The van der Waals surface area contributed by atoms with Crippen LogP contribution in [0.3, 0.4) is 0 Å². The highest BCUT2D eigenvalue weighted by Gasteiger charge is 2.30. The van der Waals surface area contributed by atoms with Gasteiger partial charge in [-0.1, -0.05) is 0 Å². The molecule has 1 atom stereocenters. The number of carbonyl (C=O) groups is 2. The van der Waals surface area contributed by atoms with E-state index in [1.54, 1.807) is 28.9 Å². The van der Waals surface area contributed by atoms with Crippen molar-refractivity contribution in [2.24, 2.45) is 5.92 Å². The van der Waals surface area contributed by atoms with E-state index in [4.69, 9.17) is 4.74 Å². The molecule has 10 heteroatoms. The average Bonchev–Trinajstić information content (AvgIpc) is 2.75. The number of anilines is 1. The Morgan fingerprint density at radius 2 is 1.87 bits per heavy atom. The lowest BCUT2D eigenvalue weighted by Gasteiger charge is -2.35. The largest absolute Gasteiger partial charge is 0.492 e. The van der Waals surface area contributed by atoms with Gasteiger partial charge in [0.1, 0.15) is 10.6 Å². The Morgan fingerprint density at radius 1 is 1.19 bits per heavy atom. The molecule has 1 heterocycles. The number of piperidine rings is 1. The normalized spacial score (nSPS) is 16.8. The maximum atomic E-state index is 12.9. The molecule has 1 N–H and O–H groups in total. The van der Waals surface area contributed by atoms with E-state index in [-0.39, 0.29) is 28.5 Å². The summed E-state index contributed by atoms with van der Waals surface area (Å²) in [5.41, 5.74) is 0.376. The molecule has 1 aliphatic heterocycles. The Balaban J connectivity index is 2.18. The predicted octanol–water partition coefficient (Wildman–Crippen LogP) is 2.45. The molecule has 3 amide bonds. The Hall–Kier alpha value is -2.33. The molecule has 1 aromatic rings. The van der Waals surface area contributed by atoms with Gasteiger partial charge in [-0.2, -0.15) is 0 Å². The van der Waals surface area contributed by atoms with E-state index in [1.165, 1.54) is 20.2 Å². The number of carbonyl (C=O) groups excluding carboxylic acids is 2. The van der Waals surface area contributed by atoms with E-state index in [0.29, 0.717) is 44.9 Å². The molecule has 1 saturated heterocycles. The summed E-state index contributed by atoms with van der Waals surface area (Å²) >= 11 is 0. The summed E-state index contributed by atoms with van der Waals surface area (Å²) in [6.07, 6.45) is 1.42. The molecule has 2 rings (SSSR count). The highest BCUT2D eigenvalue weighted by Crippen LogP contribution is 2.30. The fourth-order valence-electron chi connectivity index (χ4n) is 3.56. The van der Waals surface area contributed by atoms with Crippen molar-refractivity contribution in [3.8, 4) is 5.75 Å². The van der Waals surface area contributed by atoms with Gasteiger partial charge in [0.25, 0.3) is 0 Å². The van der Waals surface area contributed by atoms with Crippen molar-refractivity contribution in [2.75, 3.05) is 52.2 Å². The third-order valence-electron chi connectivity index (χ3n) is 5.37. The zero-order valence-corrected chi connectivity index (χ0v) is 19.9. The van der Waals surface area contributed by atoms with Gasteiger partial charge in [-0.05, 0) is 51.8 Å². The van der Waals surface area contributed by atoms with Crippen LogP contribution in [0.4, 0.5) is 10.5 Å². The lowest BCUT2D eigenvalue weighted by molar-refractivity contribution is -0.121. The minimum atomic E-state index is -3.75. The molecule has 1 aliphatic rings. The molecular formula is C21H34N4O5S. The van der Waals surface area contributed by atoms with Crippen molar-refractivity contribution >= 4 is 27.6 Å². The monoisotopic (exact) mass is 454 g/mol. The molecule has 0 bridgehead atoms. The van der Waals surface area contributed by atoms with Crippen LogP contribution in [-0.2, 0) is 14.8 Å². The van der Waals surface area contributed by atoms with Crippen molar-refractivity contribution < 1.29 is 22.7 Å². The number of rotatable bonds is 8. The highest BCUT2D eigenvalue weighted by molar-refractivity contribution is 7.89. The minimum absolute atomic E-state index is 0.000804. The first-order valence-corrected chi connectivity index (χ1v) is 12.1. The van der Waals surface area contributed by atoms with Crippen LogP contribution in [0.25, 0.3) is 0 Å². The van der Waals surface area contributed by atoms with Crippen LogP contribution in [-0.4, -0.2) is 81.3 Å². The van der Waals surface area contributed by atoms with E-state index in [0.717, 1.165) is 10.7 Å². The van der Waals surface area contributed by atoms with Gasteiger partial charge in [-0.3, -0.25) is 4.79 Å². The molecule has 0 aromatic heterocycles. The highest BCUT2D eigenvalue weighted by atomic mass is 32.2. The molecule has 0 spiro atoms. The fraction of sp³-hybridized carbons (Fsp3) is 0.619. The SMILES string of the molecule is CCOc1ccc(NC(=O)[C@H]2CCCN(C(=O)N(CC)CC)C2)cc1S(=O)(=O)N(C)C. The van der Waals surface area contributed by atoms with Crippen LogP contribution >= 0.6 is 0 Å². The minimum Gasteiger partial charge on any atom is -0.492 e. The quantitative estimate of drug-likeness (QED) is 0.650. The van der Waals surface area contributed by atoms with Gasteiger partial charge in [0, 0.05) is 46.0 Å². The second kappa shape index (κ2) is 10.8. The number of sulfonamides is 1. The number of hydrogen-bond donors (Lipinski definition) is 1. The Kier molecular flexibility index (Phi) is 8.69. The molecule has 0 aliphatic carbocycles. The van der Waals surface area contributed by atoms with Crippen LogP contribution in [0.1, 0.15) is 33.6 Å². The fourth-order valence-corrected chi connectivity index (χ4v) is 4.61. The number of urea groups is 1. The third kappa shape index (κ3) is 5.88. The van der Waals surface area contributed by atoms with Crippen molar-refractivity contribution in [2.45, 2.75) is 38.5 Å². The Labute approximate surface area is 185 Å². The summed E-state index contributed by atoms with van der Waals surface area (Å²) in [4.78, 5) is 29.0. The third-order valence-corrected chi connectivity index (χ3v) is 7.20. The van der Waals surface area contributed by atoms with Crippen molar-refractivity contribution in [3.63, 3.8) is 0 Å². The van der Waals surface area contributed by atoms with E-state index < -0.39 is 10.0 Å². The van der Waals surface area contributed by atoms with Gasteiger partial charge < -0.3 is 19.9 Å². The first kappa shape index (κ1) is 24.9. The lowest BCUT2D eigenvalue weighted by atomic mass is 9.97. The van der Waals surface area contributed by atoms with E-state index in [1.807, 2.05) is 13.8 Å². The van der Waals surface area contributed by atoms with Crippen molar-refractivity contribution in [3.05, 3.63) is 18.2 Å². The number of amides is 3. The van der Waals surface area contributed by atoms with Crippen molar-refractivity contribution in [1.82, 2.24) is 14.1 Å². The average molecular weight is 455 g/mol. The maximum absolute atomic E-state index is 12.9. The number of nitrogens with one attached hydrogen (secondary N) is 1. The molecular weight excluding hydrogens is 420 g/mol. The first-order chi connectivity index (χ1) is 14.6. The topological polar surface area (TPSA) is 99.3 Å². The number of hydrogen-bond acceptors (Lipinski definition) is 5. The molecule has 174 valence electrons. The number of nitrogens with zero attached hydrogens (tertiary/aromatic N) is 3. The van der Waals surface area contributed by atoms with E-state index in [9.17, 15) is 18.0 Å². The first-order valence-electron chi connectivity index (χ1n) is 10.7. The zero-order chi connectivity index (χ0) is 23.2. The molecule has 1 aromatic carbocycles. The molecule has 9 nitrogen and oxygen atoms in total. The molecule has 1 fully saturated rings. The number of likely N-dealkylation sites (tertiary alicyclic amines) is 1. The second-order valence-electron chi connectivity index (χ2n) is 7.61. The summed E-state index contributed by atoms with van der Waals surface area (Å²) in [6.45, 7) is 8.18. The zero-order valence-electron chi connectivity index (χ0n) is 19.1. The van der Waals surface area contributed by atoms with Gasteiger partial charge >= 0.3 is 6.03 Å². The van der Waals surface area contributed by atoms with Crippen LogP contribution in [0.2, 0.25) is 0 Å². The van der Waals surface area contributed by atoms with Gasteiger partial charge in [0.2, 0.25) is 15.9 Å². The summed E-state index contributed by atoms with van der Waals surface area (Å²) in [7, 11) is -0.861. The number of benzene rings is 1. The van der Waals surface area contributed by atoms with Gasteiger partial charge in [-0.15, -0.1) is 0 Å². The smallest absolute Gasteiger partial charge is 0.320 e. The van der Waals surface area contributed by atoms with Gasteiger partial charge in [-0.25, -0.2) is 17.5 Å². The summed E-state index contributed by atoms with van der Waals surface area (Å²) < 4.78 is 32.0. The standard InChI is InChI=1S/C21H34N4O5S/c1-6-24(7-2)21(27)25-13-9-10-16(15-25)20(26)22-17-11-12-18(30-8-3)19(14-17)31(28,29)23(4)5/h11-12,14,16H,6-10,13,15H2,1-5H3,(H,22,26)/t16-/m0/s1. The van der Waals surface area contributed by atoms with Crippen LogP contribution < -0.4 is 10.1 Å². The summed E-state index contributed by atoms with van der Waals surface area (Å²) in [6, 6.07) is 4.54. The van der Waals surface area contributed by atoms with Gasteiger partial charge in [0.05, 0.1) is 12.5 Å².